The summed E-state index contributed by atoms with van der Waals surface area (Å²) in [7, 11) is 3.70. The van der Waals surface area contributed by atoms with Gasteiger partial charge in [0, 0.05) is 42.5 Å². The Morgan fingerprint density at radius 3 is 2.44 bits per heavy atom. The summed E-state index contributed by atoms with van der Waals surface area (Å²) in [5, 5.41) is 7.97. The molecule has 7 heteroatoms. The van der Waals surface area contributed by atoms with E-state index in [9.17, 15) is 9.59 Å². The van der Waals surface area contributed by atoms with Crippen molar-refractivity contribution in [1.29, 1.82) is 0 Å². The van der Waals surface area contributed by atoms with Gasteiger partial charge in [0.2, 0.25) is 5.91 Å². The summed E-state index contributed by atoms with van der Waals surface area (Å²) in [5.74, 6) is 0.220. The van der Waals surface area contributed by atoms with Crippen molar-refractivity contribution in [2.24, 2.45) is 4.99 Å². The Hall–Kier alpha value is -4.52. The van der Waals surface area contributed by atoms with Crippen molar-refractivity contribution >= 4 is 45.5 Å². The number of carbonyl (C=O) groups is 2. The molecule has 1 aromatic heterocycles. The van der Waals surface area contributed by atoms with E-state index in [2.05, 4.69) is 20.6 Å². The maximum atomic E-state index is 12.8. The molecule has 0 spiro atoms. The van der Waals surface area contributed by atoms with Gasteiger partial charge in [0.1, 0.15) is 12.4 Å². The lowest BCUT2D eigenvalue weighted by molar-refractivity contribution is -0.114. The molecule has 4 aromatic rings. The molecule has 3 aromatic carbocycles. The summed E-state index contributed by atoms with van der Waals surface area (Å²) < 4.78 is 0. The van der Waals surface area contributed by atoms with E-state index in [1.807, 2.05) is 74.8 Å². The zero-order valence-corrected chi connectivity index (χ0v) is 18.9. The van der Waals surface area contributed by atoms with Crippen molar-refractivity contribution in [3.05, 3.63) is 95.7 Å². The monoisotopic (exact) mass is 481 g/mol. The topological polar surface area (TPSA) is 86.7 Å². The Kier molecular flexibility index (Phi) is 7.84. The number of aliphatic imine (C=N–C) groups is 1. The van der Waals surface area contributed by atoms with Gasteiger partial charge in [0.25, 0.3) is 5.91 Å². The van der Waals surface area contributed by atoms with Crippen molar-refractivity contribution in [2.75, 3.05) is 36.2 Å². The fourth-order valence-electron chi connectivity index (χ4n) is 4.11. The minimum atomic E-state index is -0.233. The van der Waals surface area contributed by atoms with Gasteiger partial charge in [-0.05, 0) is 29.7 Å². The zero-order chi connectivity index (χ0) is 23.7. The van der Waals surface area contributed by atoms with E-state index >= 15 is 0 Å². The number of anilines is 3. The van der Waals surface area contributed by atoms with Crippen LogP contribution in [0.2, 0.25) is 0 Å². The Morgan fingerprint density at radius 1 is 0.944 bits per heavy atom. The molecule has 1 aliphatic heterocycles. The molecule has 7 nitrogen and oxygen atoms in total. The van der Waals surface area contributed by atoms with Crippen LogP contribution in [-0.4, -0.2) is 43.2 Å². The van der Waals surface area contributed by atoms with Crippen LogP contribution in [-0.2, 0) is 4.79 Å². The second-order valence-electron chi connectivity index (χ2n) is 8.22. The number of fused-ring (bicyclic) bond motifs is 3. The van der Waals surface area contributed by atoms with Gasteiger partial charge in [0.05, 0.1) is 17.0 Å². The summed E-state index contributed by atoms with van der Waals surface area (Å²) in [5.41, 5.74) is 4.39. The Bertz CT molecular complexity index is 1440. The molecule has 2 heterocycles. The molecule has 0 bridgehead atoms. The summed E-state index contributed by atoms with van der Waals surface area (Å²) in [4.78, 5) is 35.9. The molecule has 36 heavy (non-hydrogen) atoms. The first kappa shape index (κ1) is 26.1. The molecule has 184 valence electrons. The smallest absolute Gasteiger partial charge is 0.259 e. The minimum Gasteiger partial charge on any atom is -0.362 e. The van der Waals surface area contributed by atoms with Gasteiger partial charge >= 0.3 is 0 Å². The third kappa shape index (κ3) is 4.95. The molecule has 5 rings (SSSR count). The van der Waals surface area contributed by atoms with E-state index in [1.165, 1.54) is 0 Å². The van der Waals surface area contributed by atoms with E-state index in [-0.39, 0.29) is 33.2 Å². The number of amides is 2. The first-order chi connectivity index (χ1) is 16.5. The molecule has 0 fully saturated rings. The summed E-state index contributed by atoms with van der Waals surface area (Å²) >= 11 is 0. The first-order valence-corrected chi connectivity index (χ1v) is 10.9. The van der Waals surface area contributed by atoms with Gasteiger partial charge in [0.15, 0.2) is 0 Å². The van der Waals surface area contributed by atoms with E-state index in [4.69, 9.17) is 0 Å². The van der Waals surface area contributed by atoms with Gasteiger partial charge in [-0.25, -0.2) is 4.98 Å². The second-order valence-corrected chi connectivity index (χ2v) is 8.22. The molecule has 0 aliphatic carbocycles. The van der Waals surface area contributed by atoms with Crippen LogP contribution in [0.4, 0.5) is 17.2 Å². The fourth-order valence-corrected chi connectivity index (χ4v) is 4.11. The zero-order valence-electron chi connectivity index (χ0n) is 18.9. The highest BCUT2D eigenvalue weighted by Crippen LogP contribution is 2.31. The standard InChI is InChI=1S/C27H23N5O2.2CH4/c1-32(2)26-22(8-5-15-28-26)27(34)30-19-12-9-18(10-13-19)24-21-14-11-17-6-3-4-7-20(17)25(21)31-23(33)16-29-24;;/h3-15H,16H2,1-2H3,(H,30,34)(H,31,33);2*1H4. The lowest BCUT2D eigenvalue weighted by Crippen LogP contribution is -2.19. The summed E-state index contributed by atoms with van der Waals surface area (Å²) in [6.45, 7) is 0.0468. The maximum absolute atomic E-state index is 12.8. The number of pyridine rings is 1. The summed E-state index contributed by atoms with van der Waals surface area (Å²) in [6, 6.07) is 22.9. The van der Waals surface area contributed by atoms with E-state index < -0.39 is 0 Å². The van der Waals surface area contributed by atoms with Gasteiger partial charge in [-0.2, -0.15) is 0 Å². The predicted octanol–water partition coefficient (Wildman–Crippen LogP) is 5.61. The molecule has 0 unspecified atom stereocenters. The molecular weight excluding hydrogens is 450 g/mol. The van der Waals surface area contributed by atoms with Crippen LogP contribution in [0, 0.1) is 0 Å². The predicted molar refractivity (Wildman–Crippen MR) is 150 cm³/mol. The number of carbonyl (C=O) groups excluding carboxylic acids is 2. The van der Waals surface area contributed by atoms with E-state index in [0.29, 0.717) is 17.1 Å². The van der Waals surface area contributed by atoms with Gasteiger partial charge in [-0.15, -0.1) is 0 Å². The van der Waals surface area contributed by atoms with Crippen molar-refractivity contribution in [3.8, 4) is 0 Å². The lowest BCUT2D eigenvalue weighted by atomic mass is 9.96. The van der Waals surface area contributed by atoms with Crippen LogP contribution in [0.15, 0.2) is 84.0 Å². The van der Waals surface area contributed by atoms with E-state index in [0.717, 1.165) is 33.3 Å². The number of benzene rings is 3. The fraction of sp³-hybridized carbons (Fsp3) is 0.172. The van der Waals surface area contributed by atoms with Crippen LogP contribution < -0.4 is 15.5 Å². The van der Waals surface area contributed by atoms with Crippen molar-refractivity contribution in [2.45, 2.75) is 14.9 Å². The van der Waals surface area contributed by atoms with Gasteiger partial charge in [-0.3, -0.25) is 14.6 Å². The van der Waals surface area contributed by atoms with E-state index in [1.54, 1.807) is 23.2 Å². The van der Waals surface area contributed by atoms with Gasteiger partial charge in [-0.1, -0.05) is 63.4 Å². The molecule has 0 saturated heterocycles. The molecule has 1 aliphatic rings. The van der Waals surface area contributed by atoms with Crippen LogP contribution in [0.1, 0.15) is 36.3 Å². The number of nitrogens with one attached hydrogen (secondary N) is 2. The normalized spacial score (nSPS) is 12.2. The molecule has 0 saturated carbocycles. The largest absolute Gasteiger partial charge is 0.362 e. The minimum absolute atomic E-state index is 0. The molecule has 2 amide bonds. The van der Waals surface area contributed by atoms with Crippen LogP contribution >= 0.6 is 0 Å². The Balaban J connectivity index is 0.00000180. The molecular formula is C29H31N5O2. The lowest BCUT2D eigenvalue weighted by Gasteiger charge is -2.16. The number of hydrogen-bond donors (Lipinski definition) is 2. The average Bonchev–Trinajstić information content (AvgIpc) is 3.03. The highest BCUT2D eigenvalue weighted by Gasteiger charge is 2.20. The highest BCUT2D eigenvalue weighted by molar-refractivity contribution is 6.23. The quantitative estimate of drug-likeness (QED) is 0.396. The highest BCUT2D eigenvalue weighted by atomic mass is 16.2. The third-order valence-corrected chi connectivity index (χ3v) is 5.70. The van der Waals surface area contributed by atoms with Crippen molar-refractivity contribution in [1.82, 2.24) is 4.98 Å². The third-order valence-electron chi connectivity index (χ3n) is 5.70. The Labute approximate surface area is 211 Å². The average molecular weight is 482 g/mol. The first-order valence-electron chi connectivity index (χ1n) is 10.9. The van der Waals surface area contributed by atoms with Gasteiger partial charge < -0.3 is 15.5 Å². The van der Waals surface area contributed by atoms with Crippen LogP contribution in [0.25, 0.3) is 10.8 Å². The number of aromatic nitrogens is 1. The number of hydrogen-bond acceptors (Lipinski definition) is 5. The number of rotatable bonds is 4. The van der Waals surface area contributed by atoms with Crippen LogP contribution in [0.3, 0.4) is 0 Å². The second kappa shape index (κ2) is 10.8. The van der Waals surface area contributed by atoms with Crippen molar-refractivity contribution in [3.63, 3.8) is 0 Å². The maximum Gasteiger partial charge on any atom is 0.259 e. The molecule has 2 N–H and O–H groups in total. The number of nitrogens with zero attached hydrogens (tertiary/aromatic N) is 3. The van der Waals surface area contributed by atoms with Crippen LogP contribution in [0.5, 0.6) is 0 Å². The summed E-state index contributed by atoms with van der Waals surface area (Å²) in [6.07, 6.45) is 1.66. The molecule has 0 radical (unpaired) electrons. The molecule has 0 atom stereocenters. The Morgan fingerprint density at radius 2 is 1.69 bits per heavy atom. The SMILES string of the molecule is C.C.CN(C)c1ncccc1C(=O)Nc1ccc(C2=NCC(=O)Nc3c2ccc2ccccc32)cc1. The van der Waals surface area contributed by atoms with Crippen molar-refractivity contribution < 1.29 is 9.59 Å².